The summed E-state index contributed by atoms with van der Waals surface area (Å²) < 4.78 is 0. The molecule has 2 aromatic rings. The van der Waals surface area contributed by atoms with E-state index >= 15 is 0 Å². The minimum absolute atomic E-state index is 0.312. The lowest BCUT2D eigenvalue weighted by Gasteiger charge is -2.06. The van der Waals surface area contributed by atoms with E-state index in [1.54, 1.807) is 24.4 Å². The highest BCUT2D eigenvalue weighted by atomic mass is 16.2. The van der Waals surface area contributed by atoms with Crippen molar-refractivity contribution in [1.82, 2.24) is 20.8 Å². The van der Waals surface area contributed by atoms with Gasteiger partial charge in [0.1, 0.15) is 0 Å². The molecule has 1 aromatic carbocycles. The van der Waals surface area contributed by atoms with Gasteiger partial charge in [0.2, 0.25) is 6.41 Å². The molecule has 1 aromatic heterocycles. The lowest BCUT2D eigenvalue weighted by Crippen LogP contribution is -2.36. The lowest BCUT2D eigenvalue weighted by atomic mass is 10.2. The first-order valence-corrected chi connectivity index (χ1v) is 6.40. The van der Waals surface area contributed by atoms with Crippen molar-refractivity contribution in [2.24, 2.45) is 0 Å². The van der Waals surface area contributed by atoms with Crippen LogP contribution >= 0.6 is 0 Å². The number of amides is 3. The van der Waals surface area contributed by atoms with Crippen LogP contribution in [0.5, 0.6) is 0 Å². The van der Waals surface area contributed by atoms with E-state index in [2.05, 4.69) is 26.1 Å². The predicted octanol–water partition coefficient (Wildman–Crippen LogP) is -0.246. The number of nitrogens with zero attached hydrogens (tertiary/aromatic N) is 1. The summed E-state index contributed by atoms with van der Waals surface area (Å²) in [6.45, 7) is 0.758. The van der Waals surface area contributed by atoms with E-state index in [0.717, 1.165) is 10.9 Å². The van der Waals surface area contributed by atoms with E-state index in [0.29, 0.717) is 31.6 Å². The Labute approximate surface area is 120 Å². The molecule has 8 nitrogen and oxygen atoms in total. The zero-order valence-electron chi connectivity index (χ0n) is 11.2. The second-order valence-corrected chi connectivity index (χ2v) is 4.31. The number of rotatable bonds is 6. The smallest absolute Gasteiger partial charge is 0.313 e. The average molecular weight is 289 g/mol. The van der Waals surface area contributed by atoms with Crippen LogP contribution in [0.4, 0.5) is 5.69 Å². The summed E-state index contributed by atoms with van der Waals surface area (Å²) in [5.74, 6) is -1.46. The topological polar surface area (TPSA) is 116 Å². The Hall–Kier alpha value is -2.90. The van der Waals surface area contributed by atoms with Crippen LogP contribution in [0.1, 0.15) is 6.42 Å². The Kier molecular flexibility index (Phi) is 4.86. The number of H-pyrrole nitrogens is 1. The van der Waals surface area contributed by atoms with Gasteiger partial charge in [-0.15, -0.1) is 0 Å². The molecule has 0 unspecified atom stereocenters. The molecule has 0 aliphatic rings. The molecule has 0 aliphatic heterocycles. The second kappa shape index (κ2) is 7.04. The van der Waals surface area contributed by atoms with Gasteiger partial charge >= 0.3 is 11.8 Å². The largest absolute Gasteiger partial charge is 0.359 e. The number of carbonyl (C=O) groups excluding carboxylic acids is 3. The fourth-order valence-electron chi connectivity index (χ4n) is 1.73. The van der Waals surface area contributed by atoms with Crippen molar-refractivity contribution >= 4 is 34.8 Å². The first-order valence-electron chi connectivity index (χ1n) is 6.40. The van der Waals surface area contributed by atoms with Crippen LogP contribution in [0, 0.1) is 0 Å². The van der Waals surface area contributed by atoms with Crippen LogP contribution in [0.3, 0.4) is 0 Å². The molecule has 0 bridgehead atoms. The molecule has 8 heteroatoms. The van der Waals surface area contributed by atoms with Crippen LogP contribution in [0.15, 0.2) is 24.4 Å². The maximum Gasteiger partial charge on any atom is 0.313 e. The Bertz CT molecular complexity index is 652. The summed E-state index contributed by atoms with van der Waals surface area (Å²) in [6.07, 6.45) is 2.80. The predicted molar refractivity (Wildman–Crippen MR) is 76.4 cm³/mol. The summed E-state index contributed by atoms with van der Waals surface area (Å²) >= 11 is 0. The van der Waals surface area contributed by atoms with E-state index in [1.165, 1.54) is 0 Å². The van der Waals surface area contributed by atoms with E-state index in [9.17, 15) is 14.4 Å². The molecule has 0 saturated carbocycles. The minimum atomic E-state index is -0.739. The second-order valence-electron chi connectivity index (χ2n) is 4.31. The van der Waals surface area contributed by atoms with Crippen molar-refractivity contribution in [2.75, 3.05) is 18.4 Å². The quantitative estimate of drug-likeness (QED) is 0.333. The SMILES string of the molecule is O=CNCCCNC(=O)C(=O)Nc1ccc2cn[nH]c2c1. The van der Waals surface area contributed by atoms with Crippen LogP contribution in [0.2, 0.25) is 0 Å². The number of fused-ring (bicyclic) bond motifs is 1. The van der Waals surface area contributed by atoms with Crippen molar-refractivity contribution in [3.63, 3.8) is 0 Å². The minimum Gasteiger partial charge on any atom is -0.359 e. The molecule has 0 fully saturated rings. The van der Waals surface area contributed by atoms with Crippen molar-refractivity contribution in [3.8, 4) is 0 Å². The number of anilines is 1. The standard InChI is InChI=1S/C13H15N5O3/c19-8-14-4-1-5-15-12(20)13(21)17-10-3-2-9-7-16-18-11(9)6-10/h2-3,6-8H,1,4-5H2,(H,14,19)(H,15,20)(H,16,18)(H,17,21). The van der Waals surface area contributed by atoms with Gasteiger partial charge in [-0.05, 0) is 24.6 Å². The molecular formula is C13H15N5O3. The van der Waals surface area contributed by atoms with Gasteiger partial charge in [0, 0.05) is 24.2 Å². The summed E-state index contributed by atoms with van der Waals surface area (Å²) in [5, 5.41) is 15.0. The number of nitrogens with one attached hydrogen (secondary N) is 4. The van der Waals surface area contributed by atoms with Crippen molar-refractivity contribution < 1.29 is 14.4 Å². The Morgan fingerprint density at radius 3 is 2.90 bits per heavy atom. The van der Waals surface area contributed by atoms with Crippen molar-refractivity contribution in [1.29, 1.82) is 0 Å². The van der Waals surface area contributed by atoms with Gasteiger partial charge in [-0.1, -0.05) is 0 Å². The van der Waals surface area contributed by atoms with E-state index in [1.807, 2.05) is 0 Å². The lowest BCUT2D eigenvalue weighted by molar-refractivity contribution is -0.136. The molecule has 110 valence electrons. The third kappa shape index (κ3) is 4.03. The summed E-state index contributed by atoms with van der Waals surface area (Å²) in [5.41, 5.74) is 1.28. The molecule has 0 spiro atoms. The molecule has 3 amide bonds. The van der Waals surface area contributed by atoms with Gasteiger partial charge < -0.3 is 16.0 Å². The third-order valence-electron chi connectivity index (χ3n) is 2.77. The number of aromatic amines is 1. The molecule has 0 aliphatic carbocycles. The van der Waals surface area contributed by atoms with Crippen LogP contribution in [0.25, 0.3) is 10.9 Å². The van der Waals surface area contributed by atoms with Crippen molar-refractivity contribution in [3.05, 3.63) is 24.4 Å². The molecule has 0 saturated heterocycles. The molecule has 0 radical (unpaired) electrons. The summed E-state index contributed by atoms with van der Waals surface area (Å²) in [6, 6.07) is 5.18. The van der Waals surface area contributed by atoms with E-state index in [-0.39, 0.29) is 0 Å². The molecular weight excluding hydrogens is 274 g/mol. The van der Waals surface area contributed by atoms with E-state index in [4.69, 9.17) is 0 Å². The van der Waals surface area contributed by atoms with Crippen molar-refractivity contribution in [2.45, 2.75) is 6.42 Å². The number of benzene rings is 1. The first-order chi connectivity index (χ1) is 10.2. The summed E-state index contributed by atoms with van der Waals surface area (Å²) in [7, 11) is 0. The Morgan fingerprint density at radius 2 is 2.10 bits per heavy atom. The molecule has 2 rings (SSSR count). The average Bonchev–Trinajstić information content (AvgIpc) is 2.94. The van der Waals surface area contributed by atoms with Gasteiger partial charge in [0.05, 0.1) is 11.7 Å². The molecule has 4 N–H and O–H groups in total. The summed E-state index contributed by atoms with van der Waals surface area (Å²) in [4.78, 5) is 33.3. The molecule has 21 heavy (non-hydrogen) atoms. The number of aromatic nitrogens is 2. The van der Waals surface area contributed by atoms with Gasteiger partial charge in [-0.3, -0.25) is 19.5 Å². The van der Waals surface area contributed by atoms with Gasteiger partial charge in [-0.2, -0.15) is 5.10 Å². The van der Waals surface area contributed by atoms with Crippen LogP contribution in [-0.2, 0) is 14.4 Å². The Morgan fingerprint density at radius 1 is 1.24 bits per heavy atom. The fraction of sp³-hybridized carbons (Fsp3) is 0.231. The molecule has 0 atom stereocenters. The van der Waals surface area contributed by atoms with Crippen LogP contribution < -0.4 is 16.0 Å². The van der Waals surface area contributed by atoms with Gasteiger partial charge in [-0.25, -0.2) is 0 Å². The van der Waals surface area contributed by atoms with E-state index < -0.39 is 11.8 Å². The monoisotopic (exact) mass is 289 g/mol. The first kappa shape index (κ1) is 14.5. The number of hydrogen-bond donors (Lipinski definition) is 4. The zero-order valence-corrected chi connectivity index (χ0v) is 11.2. The number of carbonyl (C=O) groups is 3. The Balaban J connectivity index is 1.82. The normalized spacial score (nSPS) is 10.1. The highest BCUT2D eigenvalue weighted by molar-refractivity contribution is 6.39. The van der Waals surface area contributed by atoms with Gasteiger partial charge in [0.15, 0.2) is 0 Å². The van der Waals surface area contributed by atoms with Crippen LogP contribution in [-0.4, -0.2) is 41.5 Å². The highest BCUT2D eigenvalue weighted by Crippen LogP contribution is 2.16. The number of hydrogen-bond acceptors (Lipinski definition) is 4. The zero-order chi connectivity index (χ0) is 15.1. The molecule has 1 heterocycles. The maximum atomic E-state index is 11.7. The highest BCUT2D eigenvalue weighted by Gasteiger charge is 2.13. The van der Waals surface area contributed by atoms with Gasteiger partial charge in [0.25, 0.3) is 0 Å². The fourth-order valence-corrected chi connectivity index (χ4v) is 1.73. The maximum absolute atomic E-state index is 11.7. The third-order valence-corrected chi connectivity index (χ3v) is 2.77.